The van der Waals surface area contributed by atoms with Crippen LogP contribution in [0.1, 0.15) is 16.1 Å². The van der Waals surface area contributed by atoms with Gasteiger partial charge in [0.1, 0.15) is 5.56 Å². The zero-order valence-electron chi connectivity index (χ0n) is 7.86. The number of ether oxygens (including phenoxy) is 2. The van der Waals surface area contributed by atoms with E-state index >= 15 is 0 Å². The summed E-state index contributed by atoms with van der Waals surface area (Å²) < 4.78 is 8.95. The van der Waals surface area contributed by atoms with Crippen molar-refractivity contribution < 1.29 is 19.1 Å². The van der Waals surface area contributed by atoms with Crippen molar-refractivity contribution in [3.8, 4) is 0 Å². The average molecular weight is 198 g/mol. The van der Waals surface area contributed by atoms with Crippen molar-refractivity contribution >= 4 is 11.9 Å². The summed E-state index contributed by atoms with van der Waals surface area (Å²) in [6, 6.07) is 0. The van der Waals surface area contributed by atoms with Gasteiger partial charge in [0.2, 0.25) is 0 Å². The van der Waals surface area contributed by atoms with Crippen molar-refractivity contribution in [1.82, 2.24) is 10.2 Å². The zero-order chi connectivity index (χ0) is 10.6. The number of carbonyl (C=O) groups is 2. The molecule has 6 heteroatoms. The van der Waals surface area contributed by atoms with E-state index in [1.165, 1.54) is 20.4 Å². The van der Waals surface area contributed by atoms with Crippen LogP contribution in [-0.4, -0.2) is 36.4 Å². The lowest BCUT2D eigenvalue weighted by Crippen LogP contribution is -2.10. The van der Waals surface area contributed by atoms with Crippen LogP contribution in [0.5, 0.6) is 0 Å². The Morgan fingerprint density at radius 1 is 1.43 bits per heavy atom. The number of methoxy groups -OCH3 is 2. The number of hydrogen-bond donors (Lipinski definition) is 1. The van der Waals surface area contributed by atoms with Gasteiger partial charge in [0.25, 0.3) is 0 Å². The standard InChI is InChI=1S/C8H10N2O4/c1-13-7(11)3-6-5(4-9-10-6)8(12)14-2/h4H,3H2,1-2H3,(H,9,10). The van der Waals surface area contributed by atoms with Crippen molar-refractivity contribution in [2.75, 3.05) is 14.2 Å². The van der Waals surface area contributed by atoms with Crippen LogP contribution >= 0.6 is 0 Å². The topological polar surface area (TPSA) is 81.3 Å². The second-order valence-corrected chi connectivity index (χ2v) is 2.51. The zero-order valence-corrected chi connectivity index (χ0v) is 7.86. The first-order chi connectivity index (χ1) is 6.69. The number of esters is 2. The summed E-state index contributed by atoms with van der Waals surface area (Å²) in [7, 11) is 2.54. The lowest BCUT2D eigenvalue weighted by molar-refractivity contribution is -0.139. The highest BCUT2D eigenvalue weighted by molar-refractivity contribution is 5.91. The lowest BCUT2D eigenvalue weighted by Gasteiger charge is -1.99. The molecule has 0 radical (unpaired) electrons. The number of carbonyl (C=O) groups excluding carboxylic acids is 2. The third-order valence-corrected chi connectivity index (χ3v) is 1.67. The number of rotatable bonds is 3. The number of aromatic nitrogens is 2. The first-order valence-electron chi connectivity index (χ1n) is 3.86. The van der Waals surface area contributed by atoms with Gasteiger partial charge in [0, 0.05) is 0 Å². The quantitative estimate of drug-likeness (QED) is 0.686. The average Bonchev–Trinajstić information content (AvgIpc) is 2.64. The molecular weight excluding hydrogens is 188 g/mol. The van der Waals surface area contributed by atoms with Crippen molar-refractivity contribution in [2.45, 2.75) is 6.42 Å². The molecule has 0 amide bonds. The molecule has 0 aliphatic rings. The molecule has 76 valence electrons. The van der Waals surface area contributed by atoms with E-state index in [2.05, 4.69) is 19.7 Å². The third kappa shape index (κ3) is 2.09. The predicted octanol–water partition coefficient (Wildman–Crippen LogP) is -0.0882. The highest BCUT2D eigenvalue weighted by atomic mass is 16.5. The number of H-pyrrole nitrogens is 1. The van der Waals surface area contributed by atoms with Crippen LogP contribution in [0, 0.1) is 0 Å². The molecule has 0 fully saturated rings. The Kier molecular flexibility index (Phi) is 3.22. The first kappa shape index (κ1) is 10.2. The van der Waals surface area contributed by atoms with Crippen LogP contribution in [0.3, 0.4) is 0 Å². The van der Waals surface area contributed by atoms with Crippen molar-refractivity contribution in [1.29, 1.82) is 0 Å². The Bertz CT molecular complexity index is 345. The van der Waals surface area contributed by atoms with Gasteiger partial charge in [-0.15, -0.1) is 0 Å². The molecule has 0 aromatic carbocycles. The fraction of sp³-hybridized carbons (Fsp3) is 0.375. The summed E-state index contributed by atoms with van der Waals surface area (Å²) in [6.07, 6.45) is 1.28. The summed E-state index contributed by atoms with van der Waals surface area (Å²) in [5.41, 5.74) is 0.640. The van der Waals surface area contributed by atoms with E-state index in [-0.39, 0.29) is 12.0 Å². The van der Waals surface area contributed by atoms with Crippen molar-refractivity contribution in [2.24, 2.45) is 0 Å². The van der Waals surface area contributed by atoms with Gasteiger partial charge in [0.15, 0.2) is 0 Å². The maximum Gasteiger partial charge on any atom is 0.341 e. The summed E-state index contributed by atoms with van der Waals surface area (Å²) in [5, 5.41) is 6.18. The smallest absolute Gasteiger partial charge is 0.341 e. The minimum atomic E-state index is -0.530. The Labute approximate surface area is 80.2 Å². The van der Waals surface area contributed by atoms with E-state index < -0.39 is 11.9 Å². The molecule has 0 spiro atoms. The normalized spacial score (nSPS) is 9.57. The predicted molar refractivity (Wildman–Crippen MR) is 45.6 cm³/mol. The van der Waals surface area contributed by atoms with Gasteiger partial charge >= 0.3 is 11.9 Å². The Morgan fingerprint density at radius 2 is 2.14 bits per heavy atom. The number of aromatic amines is 1. The summed E-state index contributed by atoms with van der Waals surface area (Å²) >= 11 is 0. The monoisotopic (exact) mass is 198 g/mol. The highest BCUT2D eigenvalue weighted by Crippen LogP contribution is 2.07. The highest BCUT2D eigenvalue weighted by Gasteiger charge is 2.16. The minimum Gasteiger partial charge on any atom is -0.469 e. The molecule has 1 aromatic heterocycles. The molecule has 0 unspecified atom stereocenters. The van der Waals surface area contributed by atoms with Crippen LogP contribution in [0.25, 0.3) is 0 Å². The van der Waals surface area contributed by atoms with E-state index in [1.807, 2.05) is 0 Å². The van der Waals surface area contributed by atoms with Gasteiger partial charge in [-0.2, -0.15) is 5.10 Å². The Morgan fingerprint density at radius 3 is 2.71 bits per heavy atom. The Balaban J connectivity index is 2.82. The third-order valence-electron chi connectivity index (χ3n) is 1.67. The molecule has 1 rings (SSSR count). The molecule has 6 nitrogen and oxygen atoms in total. The summed E-state index contributed by atoms with van der Waals surface area (Å²) in [5.74, 6) is -0.975. The van der Waals surface area contributed by atoms with E-state index in [1.54, 1.807) is 0 Å². The second kappa shape index (κ2) is 4.40. The lowest BCUT2D eigenvalue weighted by atomic mass is 10.2. The van der Waals surface area contributed by atoms with E-state index in [0.29, 0.717) is 5.69 Å². The van der Waals surface area contributed by atoms with Gasteiger partial charge in [-0.05, 0) is 0 Å². The molecule has 0 saturated carbocycles. The number of hydrogen-bond acceptors (Lipinski definition) is 5. The van der Waals surface area contributed by atoms with Gasteiger partial charge in [-0.3, -0.25) is 9.89 Å². The van der Waals surface area contributed by atoms with E-state index in [4.69, 9.17) is 0 Å². The number of nitrogens with one attached hydrogen (secondary N) is 1. The van der Waals surface area contributed by atoms with E-state index in [0.717, 1.165) is 0 Å². The molecule has 1 aromatic rings. The van der Waals surface area contributed by atoms with Crippen LogP contribution in [0.4, 0.5) is 0 Å². The van der Waals surface area contributed by atoms with Crippen LogP contribution in [-0.2, 0) is 20.7 Å². The SMILES string of the molecule is COC(=O)Cc1[nH]ncc1C(=O)OC. The molecule has 0 saturated heterocycles. The Hall–Kier alpha value is -1.85. The van der Waals surface area contributed by atoms with Gasteiger partial charge in [0.05, 0.1) is 32.5 Å². The number of nitrogens with zero attached hydrogens (tertiary/aromatic N) is 1. The summed E-state index contributed by atoms with van der Waals surface area (Å²) in [6.45, 7) is 0. The van der Waals surface area contributed by atoms with Gasteiger partial charge in [-0.25, -0.2) is 4.79 Å². The van der Waals surface area contributed by atoms with Crippen molar-refractivity contribution in [3.63, 3.8) is 0 Å². The maximum absolute atomic E-state index is 11.1. The first-order valence-corrected chi connectivity index (χ1v) is 3.86. The molecule has 1 N–H and O–H groups in total. The molecule has 0 bridgehead atoms. The molecule has 0 atom stereocenters. The minimum absolute atomic E-state index is 0.0269. The van der Waals surface area contributed by atoms with Crippen molar-refractivity contribution in [3.05, 3.63) is 17.5 Å². The van der Waals surface area contributed by atoms with Crippen LogP contribution in [0.2, 0.25) is 0 Å². The molecule has 0 aliphatic heterocycles. The van der Waals surface area contributed by atoms with Crippen LogP contribution < -0.4 is 0 Å². The van der Waals surface area contributed by atoms with E-state index in [9.17, 15) is 9.59 Å². The van der Waals surface area contributed by atoms with Crippen LogP contribution in [0.15, 0.2) is 6.20 Å². The molecule has 1 heterocycles. The largest absolute Gasteiger partial charge is 0.469 e. The maximum atomic E-state index is 11.1. The molecular formula is C8H10N2O4. The fourth-order valence-electron chi connectivity index (χ4n) is 0.950. The molecule has 14 heavy (non-hydrogen) atoms. The second-order valence-electron chi connectivity index (χ2n) is 2.51. The fourth-order valence-corrected chi connectivity index (χ4v) is 0.950. The van der Waals surface area contributed by atoms with Gasteiger partial charge in [-0.1, -0.05) is 0 Å². The molecule has 0 aliphatic carbocycles. The summed E-state index contributed by atoms with van der Waals surface area (Å²) in [4.78, 5) is 22.1. The van der Waals surface area contributed by atoms with Gasteiger partial charge < -0.3 is 9.47 Å².